The van der Waals surface area contributed by atoms with Gasteiger partial charge in [0, 0.05) is 22.9 Å². The van der Waals surface area contributed by atoms with Gasteiger partial charge < -0.3 is 9.15 Å². The molecule has 7 heteroatoms. The molecule has 0 bridgehead atoms. The molecule has 0 amide bonds. The van der Waals surface area contributed by atoms with Gasteiger partial charge in [-0.25, -0.2) is 9.48 Å². The summed E-state index contributed by atoms with van der Waals surface area (Å²) in [5.74, 6) is 0.535. The first kappa shape index (κ1) is 19.4. The van der Waals surface area contributed by atoms with Crippen LogP contribution < -0.4 is 5.63 Å². The van der Waals surface area contributed by atoms with E-state index in [9.17, 15) is 4.79 Å². The maximum absolute atomic E-state index is 12.7. The standard InChI is InChI=1S/C22H18N2O3S2/c1-2-26-22(28)29-14-16-13-24(17-9-4-3-5-10-17)23-20(16)18-12-15-8-6-7-11-19(15)27-21(18)25/h3-13H,2,14H2,1H3. The monoisotopic (exact) mass is 422 g/mol. The number of thiocarbonyl (C=S) groups is 1. The Morgan fingerprint density at radius 3 is 2.72 bits per heavy atom. The summed E-state index contributed by atoms with van der Waals surface area (Å²) >= 11 is 6.64. The van der Waals surface area contributed by atoms with E-state index in [4.69, 9.17) is 26.5 Å². The Balaban J connectivity index is 1.80. The molecule has 0 aliphatic carbocycles. The molecule has 0 radical (unpaired) electrons. The van der Waals surface area contributed by atoms with Crippen molar-refractivity contribution in [3.8, 4) is 16.9 Å². The van der Waals surface area contributed by atoms with Crippen molar-refractivity contribution in [3.63, 3.8) is 0 Å². The highest BCUT2D eigenvalue weighted by Gasteiger charge is 2.18. The third kappa shape index (κ3) is 4.26. The number of thioether (sulfide) groups is 1. The van der Waals surface area contributed by atoms with Crippen molar-refractivity contribution in [2.45, 2.75) is 12.7 Å². The van der Waals surface area contributed by atoms with E-state index in [0.717, 1.165) is 16.6 Å². The van der Waals surface area contributed by atoms with Gasteiger partial charge in [0.05, 0.1) is 17.9 Å². The topological polar surface area (TPSA) is 57.3 Å². The lowest BCUT2D eigenvalue weighted by atomic mass is 10.1. The van der Waals surface area contributed by atoms with E-state index >= 15 is 0 Å². The zero-order valence-electron chi connectivity index (χ0n) is 15.7. The summed E-state index contributed by atoms with van der Waals surface area (Å²) in [7, 11) is 0. The molecule has 2 aromatic carbocycles. The molecular formula is C22H18N2O3S2. The molecule has 0 N–H and O–H groups in total. The summed E-state index contributed by atoms with van der Waals surface area (Å²) in [6.07, 6.45) is 1.92. The van der Waals surface area contributed by atoms with Crippen molar-refractivity contribution in [1.29, 1.82) is 0 Å². The lowest BCUT2D eigenvalue weighted by molar-refractivity contribution is 0.346. The van der Waals surface area contributed by atoms with Crippen LogP contribution in [0.15, 0.2) is 76.1 Å². The van der Waals surface area contributed by atoms with E-state index in [2.05, 4.69) is 0 Å². The summed E-state index contributed by atoms with van der Waals surface area (Å²) in [5, 5.41) is 5.55. The van der Waals surface area contributed by atoms with Crippen LogP contribution >= 0.6 is 24.0 Å². The molecule has 146 valence electrons. The van der Waals surface area contributed by atoms with Crippen molar-refractivity contribution in [2.24, 2.45) is 0 Å². The average molecular weight is 423 g/mol. The fourth-order valence-corrected chi connectivity index (χ4v) is 3.96. The fraction of sp³-hybridized carbons (Fsp3) is 0.136. The summed E-state index contributed by atoms with van der Waals surface area (Å²) in [4.78, 5) is 12.7. The summed E-state index contributed by atoms with van der Waals surface area (Å²) in [6.45, 7) is 2.42. The second-order valence-corrected chi connectivity index (χ2v) is 7.82. The lowest BCUT2D eigenvalue weighted by Crippen LogP contribution is -2.05. The van der Waals surface area contributed by atoms with E-state index in [0.29, 0.717) is 33.6 Å². The predicted molar refractivity (Wildman–Crippen MR) is 121 cm³/mol. The molecule has 0 spiro atoms. The van der Waals surface area contributed by atoms with Crippen molar-refractivity contribution in [1.82, 2.24) is 9.78 Å². The predicted octanol–water partition coefficient (Wildman–Crippen LogP) is 5.20. The first-order chi connectivity index (χ1) is 14.2. The minimum Gasteiger partial charge on any atom is -0.479 e. The molecule has 5 nitrogen and oxygen atoms in total. The summed E-state index contributed by atoms with van der Waals surface area (Å²) < 4.78 is 13.1. The molecule has 2 heterocycles. The van der Waals surface area contributed by atoms with Crippen LogP contribution in [-0.4, -0.2) is 20.8 Å². The lowest BCUT2D eigenvalue weighted by Gasteiger charge is -2.05. The number of hydrogen-bond acceptors (Lipinski definition) is 6. The van der Waals surface area contributed by atoms with Crippen LogP contribution in [0.3, 0.4) is 0 Å². The highest BCUT2D eigenvalue weighted by molar-refractivity contribution is 8.22. The molecule has 0 aliphatic rings. The number of fused-ring (bicyclic) bond motifs is 1. The van der Waals surface area contributed by atoms with Crippen LogP contribution in [-0.2, 0) is 10.5 Å². The van der Waals surface area contributed by atoms with Crippen LogP contribution in [0.4, 0.5) is 0 Å². The molecular weight excluding hydrogens is 404 g/mol. The van der Waals surface area contributed by atoms with Gasteiger partial charge in [0.2, 0.25) is 4.38 Å². The Labute approximate surface area is 177 Å². The molecule has 0 unspecified atom stereocenters. The van der Waals surface area contributed by atoms with Gasteiger partial charge in [-0.05, 0) is 43.4 Å². The number of hydrogen-bond donors (Lipinski definition) is 0. The number of benzene rings is 2. The minimum atomic E-state index is -0.416. The Hall–Kier alpha value is -2.90. The van der Waals surface area contributed by atoms with E-state index < -0.39 is 5.63 Å². The van der Waals surface area contributed by atoms with E-state index in [1.807, 2.05) is 67.7 Å². The van der Waals surface area contributed by atoms with Gasteiger partial charge in [0.15, 0.2) is 0 Å². The number of rotatable bonds is 5. The third-order valence-corrected chi connectivity index (χ3v) is 5.60. The van der Waals surface area contributed by atoms with Crippen LogP contribution in [0.5, 0.6) is 0 Å². The second kappa shape index (κ2) is 8.63. The maximum atomic E-state index is 12.7. The van der Waals surface area contributed by atoms with Gasteiger partial charge in [0.1, 0.15) is 11.3 Å². The molecule has 0 saturated heterocycles. The third-order valence-electron chi connectivity index (χ3n) is 4.32. The van der Waals surface area contributed by atoms with Gasteiger partial charge in [-0.3, -0.25) is 0 Å². The Bertz CT molecular complexity index is 1220. The zero-order chi connectivity index (χ0) is 20.2. The maximum Gasteiger partial charge on any atom is 0.345 e. The van der Waals surface area contributed by atoms with Gasteiger partial charge in [-0.15, -0.1) is 0 Å². The SMILES string of the molecule is CCOC(=S)SCc1cn(-c2ccccc2)nc1-c1cc2ccccc2oc1=O. The van der Waals surface area contributed by atoms with Crippen LogP contribution in [0.1, 0.15) is 12.5 Å². The van der Waals surface area contributed by atoms with Crippen molar-refractivity contribution in [2.75, 3.05) is 6.61 Å². The van der Waals surface area contributed by atoms with Crippen LogP contribution in [0, 0.1) is 0 Å². The molecule has 0 saturated carbocycles. The van der Waals surface area contributed by atoms with Crippen molar-refractivity contribution in [3.05, 3.63) is 82.8 Å². The van der Waals surface area contributed by atoms with Crippen LogP contribution in [0.25, 0.3) is 27.9 Å². The molecule has 0 aliphatic heterocycles. The highest BCUT2D eigenvalue weighted by Crippen LogP contribution is 2.28. The van der Waals surface area contributed by atoms with Crippen molar-refractivity contribution >= 4 is 39.3 Å². The number of nitrogens with zero attached hydrogens (tertiary/aromatic N) is 2. The fourth-order valence-electron chi connectivity index (χ4n) is 2.98. The Morgan fingerprint density at radius 2 is 1.93 bits per heavy atom. The quantitative estimate of drug-likeness (QED) is 0.325. The molecule has 0 fully saturated rings. The number of aromatic nitrogens is 2. The second-order valence-electron chi connectivity index (χ2n) is 6.24. The van der Waals surface area contributed by atoms with Crippen molar-refractivity contribution < 1.29 is 9.15 Å². The van der Waals surface area contributed by atoms with Gasteiger partial charge in [-0.2, -0.15) is 5.10 Å². The summed E-state index contributed by atoms with van der Waals surface area (Å²) in [5.41, 5.74) is 2.93. The minimum absolute atomic E-state index is 0.416. The Kier molecular flexibility index (Phi) is 5.78. The molecule has 29 heavy (non-hydrogen) atoms. The van der Waals surface area contributed by atoms with Crippen LogP contribution in [0.2, 0.25) is 0 Å². The number of para-hydroxylation sites is 2. The summed E-state index contributed by atoms with van der Waals surface area (Å²) in [6, 6.07) is 19.0. The van der Waals surface area contributed by atoms with E-state index in [1.54, 1.807) is 10.7 Å². The smallest absolute Gasteiger partial charge is 0.345 e. The largest absolute Gasteiger partial charge is 0.479 e. The normalized spacial score (nSPS) is 10.9. The molecule has 4 aromatic rings. The molecule has 4 rings (SSSR count). The highest BCUT2D eigenvalue weighted by atomic mass is 32.2. The molecule has 0 atom stereocenters. The first-order valence-electron chi connectivity index (χ1n) is 9.12. The van der Waals surface area contributed by atoms with Gasteiger partial charge >= 0.3 is 5.63 Å². The van der Waals surface area contributed by atoms with Gasteiger partial charge in [0.25, 0.3) is 0 Å². The zero-order valence-corrected chi connectivity index (χ0v) is 17.3. The Morgan fingerprint density at radius 1 is 1.17 bits per heavy atom. The van der Waals surface area contributed by atoms with Gasteiger partial charge in [-0.1, -0.05) is 48.2 Å². The first-order valence-corrected chi connectivity index (χ1v) is 10.5. The average Bonchev–Trinajstić information content (AvgIpc) is 3.16. The molecule has 2 aromatic heterocycles. The number of ether oxygens (including phenoxy) is 1. The van der Waals surface area contributed by atoms with E-state index in [-0.39, 0.29) is 0 Å². The van der Waals surface area contributed by atoms with E-state index in [1.165, 1.54) is 11.8 Å².